The number of carboxylic acids is 1. The summed E-state index contributed by atoms with van der Waals surface area (Å²) >= 11 is 0. The third-order valence-corrected chi connectivity index (χ3v) is 3.73. The van der Waals surface area contributed by atoms with Crippen LogP contribution in [0.15, 0.2) is 0 Å². The summed E-state index contributed by atoms with van der Waals surface area (Å²) in [6, 6.07) is 0. The molecule has 1 fully saturated rings. The first-order valence-corrected chi connectivity index (χ1v) is 7.28. The van der Waals surface area contributed by atoms with Crippen LogP contribution in [0.1, 0.15) is 66.2 Å². The van der Waals surface area contributed by atoms with Gasteiger partial charge in [0.2, 0.25) is 0 Å². The fourth-order valence-corrected chi connectivity index (χ4v) is 2.48. The highest BCUT2D eigenvalue weighted by Gasteiger charge is 2.28. The second-order valence-electron chi connectivity index (χ2n) is 5.89. The van der Waals surface area contributed by atoms with Gasteiger partial charge in [-0.05, 0) is 37.0 Å². The molecule has 0 heterocycles. The summed E-state index contributed by atoms with van der Waals surface area (Å²) < 4.78 is 0. The number of unbranched alkanes of at least 4 members (excludes halogenated alkanes) is 1. The lowest BCUT2D eigenvalue weighted by Gasteiger charge is -2.33. The van der Waals surface area contributed by atoms with Crippen molar-refractivity contribution in [1.29, 1.82) is 0 Å². The molecule has 1 aliphatic carbocycles. The molecule has 0 aromatic heterocycles. The molecule has 2 N–H and O–H groups in total. The quantitative estimate of drug-likeness (QED) is 0.808. The van der Waals surface area contributed by atoms with Gasteiger partial charge in [0.1, 0.15) is 0 Å². The Kier molecular flexibility index (Phi) is 9.08. The predicted octanol–water partition coefficient (Wildman–Crippen LogP) is 3.70. The number of aliphatic hydroxyl groups excluding tert-OH is 1. The minimum Gasteiger partial charge on any atom is -0.481 e. The van der Waals surface area contributed by atoms with Crippen LogP contribution in [-0.4, -0.2) is 22.3 Å². The van der Waals surface area contributed by atoms with Gasteiger partial charge in [0.15, 0.2) is 0 Å². The van der Waals surface area contributed by atoms with Crippen LogP contribution >= 0.6 is 0 Å². The minimum atomic E-state index is -0.693. The molecule has 0 aliphatic heterocycles. The Hall–Kier alpha value is -0.570. The van der Waals surface area contributed by atoms with Crippen molar-refractivity contribution in [2.45, 2.75) is 72.3 Å². The molecule has 0 bridgehead atoms. The first kappa shape index (κ1) is 17.4. The van der Waals surface area contributed by atoms with E-state index < -0.39 is 5.97 Å². The van der Waals surface area contributed by atoms with Gasteiger partial charge in [-0.2, -0.15) is 0 Å². The van der Waals surface area contributed by atoms with E-state index in [1.807, 2.05) is 6.92 Å². The van der Waals surface area contributed by atoms with Crippen molar-refractivity contribution in [2.75, 3.05) is 0 Å². The number of aliphatic carboxylic acids is 1. The molecule has 1 aliphatic rings. The Bertz CT molecular complexity index is 226. The van der Waals surface area contributed by atoms with Crippen molar-refractivity contribution in [1.82, 2.24) is 0 Å². The zero-order chi connectivity index (χ0) is 14.1. The predicted molar refractivity (Wildman–Crippen MR) is 74.5 cm³/mol. The van der Waals surface area contributed by atoms with E-state index in [0.717, 1.165) is 25.2 Å². The van der Waals surface area contributed by atoms with Gasteiger partial charge in [-0.1, -0.05) is 40.5 Å². The number of hydrogen-bond donors (Lipinski definition) is 2. The van der Waals surface area contributed by atoms with Gasteiger partial charge >= 0.3 is 5.97 Å². The van der Waals surface area contributed by atoms with E-state index in [1.54, 1.807) is 0 Å². The molecule has 0 amide bonds. The summed E-state index contributed by atoms with van der Waals surface area (Å²) in [6.07, 6.45) is 5.60. The summed E-state index contributed by atoms with van der Waals surface area (Å²) in [6.45, 7) is 8.64. The smallest absolute Gasteiger partial charge is 0.303 e. The van der Waals surface area contributed by atoms with Crippen molar-refractivity contribution in [3.63, 3.8) is 0 Å². The number of carboxylic acid groups (broad SMARTS) is 1. The molecule has 0 aromatic rings. The van der Waals surface area contributed by atoms with Crippen molar-refractivity contribution in [3.05, 3.63) is 0 Å². The lowest BCUT2D eigenvalue weighted by Crippen LogP contribution is -2.31. The van der Waals surface area contributed by atoms with Crippen molar-refractivity contribution < 1.29 is 15.0 Å². The SMILES string of the molecule is CC1CCC(C(C)C)C(O)C1.CCCCC(=O)O. The number of rotatable bonds is 4. The van der Waals surface area contributed by atoms with Crippen molar-refractivity contribution >= 4 is 5.97 Å². The van der Waals surface area contributed by atoms with Crippen LogP contribution in [0.5, 0.6) is 0 Å². The monoisotopic (exact) mass is 258 g/mol. The second-order valence-corrected chi connectivity index (χ2v) is 5.89. The molecule has 18 heavy (non-hydrogen) atoms. The molecule has 3 heteroatoms. The van der Waals surface area contributed by atoms with E-state index in [1.165, 1.54) is 12.8 Å². The lowest BCUT2D eigenvalue weighted by molar-refractivity contribution is -0.137. The largest absolute Gasteiger partial charge is 0.481 e. The third-order valence-electron chi connectivity index (χ3n) is 3.73. The van der Waals surface area contributed by atoms with Crippen LogP contribution in [0.2, 0.25) is 0 Å². The molecule has 3 atom stereocenters. The van der Waals surface area contributed by atoms with Crippen LogP contribution in [-0.2, 0) is 4.79 Å². The van der Waals surface area contributed by atoms with E-state index >= 15 is 0 Å². The van der Waals surface area contributed by atoms with Gasteiger partial charge in [0.25, 0.3) is 0 Å². The van der Waals surface area contributed by atoms with Crippen LogP contribution in [0.25, 0.3) is 0 Å². The van der Waals surface area contributed by atoms with E-state index in [-0.39, 0.29) is 6.10 Å². The molecular formula is C15H30O3. The molecule has 1 rings (SSSR count). The molecule has 0 saturated heterocycles. The Morgan fingerprint density at radius 2 is 1.94 bits per heavy atom. The van der Waals surface area contributed by atoms with E-state index in [2.05, 4.69) is 20.8 Å². The van der Waals surface area contributed by atoms with Crippen molar-refractivity contribution in [2.24, 2.45) is 17.8 Å². The lowest BCUT2D eigenvalue weighted by atomic mass is 9.75. The van der Waals surface area contributed by atoms with E-state index in [4.69, 9.17) is 5.11 Å². The highest BCUT2D eigenvalue weighted by Crippen LogP contribution is 2.33. The van der Waals surface area contributed by atoms with Crippen molar-refractivity contribution in [3.8, 4) is 0 Å². The maximum absolute atomic E-state index is 9.76. The Labute approximate surface area is 112 Å². The van der Waals surface area contributed by atoms with Gasteiger partial charge in [-0.3, -0.25) is 4.79 Å². The molecule has 108 valence electrons. The Morgan fingerprint density at radius 1 is 1.33 bits per heavy atom. The molecule has 0 aromatic carbocycles. The molecule has 1 saturated carbocycles. The van der Waals surface area contributed by atoms with Crippen LogP contribution in [0.3, 0.4) is 0 Å². The molecular weight excluding hydrogens is 228 g/mol. The van der Waals surface area contributed by atoms with Crippen LogP contribution in [0, 0.1) is 17.8 Å². The minimum absolute atomic E-state index is 0.0289. The van der Waals surface area contributed by atoms with Crippen LogP contribution in [0.4, 0.5) is 0 Å². The standard InChI is InChI=1S/C10H20O.C5H10O2/c1-7(2)9-5-4-8(3)6-10(9)11;1-2-3-4-5(6)7/h7-11H,4-6H2,1-3H3;2-4H2,1H3,(H,6,7). The number of carbonyl (C=O) groups is 1. The average Bonchev–Trinajstić information content (AvgIpc) is 2.26. The number of hydrogen-bond acceptors (Lipinski definition) is 2. The van der Waals surface area contributed by atoms with Gasteiger partial charge in [0.05, 0.1) is 6.10 Å². The van der Waals surface area contributed by atoms with E-state index in [9.17, 15) is 9.90 Å². The second kappa shape index (κ2) is 9.37. The number of aliphatic hydroxyl groups is 1. The maximum atomic E-state index is 9.76. The summed E-state index contributed by atoms with van der Waals surface area (Å²) in [7, 11) is 0. The fourth-order valence-electron chi connectivity index (χ4n) is 2.48. The summed E-state index contributed by atoms with van der Waals surface area (Å²) in [5.74, 6) is 1.26. The molecule has 0 radical (unpaired) electrons. The summed E-state index contributed by atoms with van der Waals surface area (Å²) in [5.41, 5.74) is 0. The zero-order valence-electron chi connectivity index (χ0n) is 12.4. The van der Waals surface area contributed by atoms with Gasteiger partial charge in [-0.25, -0.2) is 0 Å². The average molecular weight is 258 g/mol. The van der Waals surface area contributed by atoms with Gasteiger partial charge in [-0.15, -0.1) is 0 Å². The fraction of sp³-hybridized carbons (Fsp3) is 0.933. The van der Waals surface area contributed by atoms with Gasteiger partial charge in [0, 0.05) is 6.42 Å². The van der Waals surface area contributed by atoms with Gasteiger partial charge < -0.3 is 10.2 Å². The highest BCUT2D eigenvalue weighted by molar-refractivity contribution is 5.66. The third kappa shape index (κ3) is 7.70. The molecule has 3 nitrogen and oxygen atoms in total. The summed E-state index contributed by atoms with van der Waals surface area (Å²) in [5, 5.41) is 17.8. The highest BCUT2D eigenvalue weighted by atomic mass is 16.4. The summed E-state index contributed by atoms with van der Waals surface area (Å²) in [4.78, 5) is 9.76. The normalized spacial score (nSPS) is 27.6. The maximum Gasteiger partial charge on any atom is 0.303 e. The molecule has 3 unspecified atom stereocenters. The molecule has 0 spiro atoms. The first-order valence-electron chi connectivity index (χ1n) is 7.28. The zero-order valence-corrected chi connectivity index (χ0v) is 12.4. The first-order chi connectivity index (χ1) is 8.38. The van der Waals surface area contributed by atoms with Crippen LogP contribution < -0.4 is 0 Å². The topological polar surface area (TPSA) is 57.5 Å². The Balaban J connectivity index is 0.000000360. The Morgan fingerprint density at radius 3 is 2.28 bits per heavy atom. The van der Waals surface area contributed by atoms with E-state index in [0.29, 0.717) is 18.3 Å².